The molecule has 1 unspecified atom stereocenters. The number of hydrogen-bond acceptors (Lipinski definition) is 2. The van der Waals surface area contributed by atoms with Crippen molar-refractivity contribution >= 4 is 7.85 Å². The summed E-state index contributed by atoms with van der Waals surface area (Å²) in [5, 5.41) is 3.27. The molecule has 2 radical (unpaired) electrons. The Hall–Kier alpha value is -0.275. The minimum atomic E-state index is -0.372. The van der Waals surface area contributed by atoms with Crippen molar-refractivity contribution in [3.63, 3.8) is 0 Å². The van der Waals surface area contributed by atoms with Gasteiger partial charge in [-0.2, -0.15) is 0 Å². The fourth-order valence-electron chi connectivity index (χ4n) is 1.08. The smallest absolute Gasteiger partial charge is 0.101 e. The lowest BCUT2D eigenvalue weighted by molar-refractivity contribution is 0.342. The highest BCUT2D eigenvalue weighted by Crippen LogP contribution is 1.98. The molecule has 0 aliphatic rings. The molecule has 0 spiro atoms. The molecule has 0 heterocycles. The van der Waals surface area contributed by atoms with Gasteiger partial charge < -0.3 is 10.2 Å². The molecule has 0 saturated carbocycles. The first kappa shape index (κ1) is 12.7. The molecule has 0 aromatic rings. The quantitative estimate of drug-likeness (QED) is 0.484. The van der Waals surface area contributed by atoms with Gasteiger partial charge in [0.05, 0.1) is 0 Å². The molecule has 0 saturated heterocycles. The largest absolute Gasteiger partial charge is 0.315 e. The van der Waals surface area contributed by atoms with Crippen LogP contribution in [0.15, 0.2) is 12.2 Å². The van der Waals surface area contributed by atoms with Crippen LogP contribution in [-0.2, 0) is 0 Å². The van der Waals surface area contributed by atoms with Crippen LogP contribution in [0.2, 0.25) is 0 Å². The first-order chi connectivity index (χ1) is 6.02. The molecule has 13 heavy (non-hydrogen) atoms. The second-order valence-electron chi connectivity index (χ2n) is 3.61. The van der Waals surface area contributed by atoms with E-state index in [1.54, 1.807) is 0 Å². The van der Waals surface area contributed by atoms with Gasteiger partial charge in [0.25, 0.3) is 0 Å². The van der Waals surface area contributed by atoms with Gasteiger partial charge in [0.2, 0.25) is 0 Å². The van der Waals surface area contributed by atoms with Gasteiger partial charge >= 0.3 is 0 Å². The van der Waals surface area contributed by atoms with E-state index in [0.29, 0.717) is 0 Å². The van der Waals surface area contributed by atoms with Crippen LogP contribution in [0.25, 0.3) is 0 Å². The topological polar surface area (TPSA) is 15.3 Å². The van der Waals surface area contributed by atoms with Gasteiger partial charge in [-0.15, -0.1) is 0 Å². The fraction of sp³-hybridized carbons (Fsp3) is 0.800. The average Bonchev–Trinajstić information content (AvgIpc) is 2.03. The molecular formula is C10H21BN2. The normalized spacial score (nSPS) is 16.7. The fourth-order valence-corrected chi connectivity index (χ4v) is 1.08. The standard InChI is InChI=1S/C10H21BN2/c1-5-7-10(3,11)12-8-9-13(4)6-2/h5,7,12H,6,8-9H2,1-4H3. The van der Waals surface area contributed by atoms with Crippen molar-refractivity contribution in [1.82, 2.24) is 10.2 Å². The van der Waals surface area contributed by atoms with Crippen LogP contribution in [0.1, 0.15) is 20.8 Å². The molecule has 0 bridgehead atoms. The van der Waals surface area contributed by atoms with Crippen molar-refractivity contribution < 1.29 is 0 Å². The minimum Gasteiger partial charge on any atom is -0.315 e. The zero-order chi connectivity index (χ0) is 10.3. The Morgan fingerprint density at radius 1 is 1.54 bits per heavy atom. The minimum absolute atomic E-state index is 0.372. The van der Waals surface area contributed by atoms with Gasteiger partial charge in [0.1, 0.15) is 7.85 Å². The van der Waals surface area contributed by atoms with Gasteiger partial charge in [0, 0.05) is 13.1 Å². The van der Waals surface area contributed by atoms with E-state index in [1.165, 1.54) is 0 Å². The summed E-state index contributed by atoms with van der Waals surface area (Å²) in [6, 6.07) is 0. The molecule has 1 N–H and O–H groups in total. The second kappa shape index (κ2) is 6.22. The number of nitrogens with zero attached hydrogens (tertiary/aromatic N) is 1. The van der Waals surface area contributed by atoms with E-state index in [-0.39, 0.29) is 5.44 Å². The van der Waals surface area contributed by atoms with E-state index in [2.05, 4.69) is 24.2 Å². The van der Waals surface area contributed by atoms with Crippen LogP contribution in [0.3, 0.4) is 0 Å². The Morgan fingerprint density at radius 2 is 2.15 bits per heavy atom. The van der Waals surface area contributed by atoms with Gasteiger partial charge in [-0.3, -0.25) is 0 Å². The Balaban J connectivity index is 3.63. The second-order valence-corrected chi connectivity index (χ2v) is 3.61. The Kier molecular flexibility index (Phi) is 6.09. The van der Waals surface area contributed by atoms with Gasteiger partial charge in [0.15, 0.2) is 0 Å². The molecular weight excluding hydrogens is 159 g/mol. The molecule has 3 heteroatoms. The van der Waals surface area contributed by atoms with Crippen LogP contribution in [0, 0.1) is 0 Å². The van der Waals surface area contributed by atoms with E-state index in [1.807, 2.05) is 26.0 Å². The molecule has 0 aromatic carbocycles. The Bertz CT molecular complexity index is 155. The van der Waals surface area contributed by atoms with E-state index in [9.17, 15) is 0 Å². The summed E-state index contributed by atoms with van der Waals surface area (Å²) in [5.41, 5.74) is -0.372. The maximum atomic E-state index is 5.94. The van der Waals surface area contributed by atoms with Crippen molar-refractivity contribution in [2.24, 2.45) is 0 Å². The first-order valence-electron chi connectivity index (χ1n) is 4.88. The third kappa shape index (κ3) is 6.85. The van der Waals surface area contributed by atoms with Crippen LogP contribution in [0.5, 0.6) is 0 Å². The number of likely N-dealkylation sites (N-methyl/N-ethyl adjacent to an activating group) is 1. The molecule has 0 fully saturated rings. The highest BCUT2D eigenvalue weighted by atomic mass is 15.1. The summed E-state index contributed by atoms with van der Waals surface area (Å²) in [6.45, 7) is 9.12. The van der Waals surface area contributed by atoms with Crippen LogP contribution < -0.4 is 5.32 Å². The molecule has 0 aromatic heterocycles. The van der Waals surface area contributed by atoms with Crippen molar-refractivity contribution in [3.8, 4) is 0 Å². The third-order valence-electron chi connectivity index (χ3n) is 2.05. The summed E-state index contributed by atoms with van der Waals surface area (Å²) in [4.78, 5) is 2.25. The lowest BCUT2D eigenvalue weighted by atomic mass is 9.79. The maximum Gasteiger partial charge on any atom is 0.101 e. The molecule has 0 aliphatic heterocycles. The van der Waals surface area contributed by atoms with E-state index < -0.39 is 0 Å². The number of allylic oxidation sites excluding steroid dienone is 1. The maximum absolute atomic E-state index is 5.94. The predicted molar refractivity (Wildman–Crippen MR) is 60.1 cm³/mol. The highest BCUT2D eigenvalue weighted by molar-refractivity contribution is 6.16. The van der Waals surface area contributed by atoms with Gasteiger partial charge in [-0.05, 0) is 26.0 Å². The Labute approximate surface area is 83.8 Å². The molecule has 0 rings (SSSR count). The SMILES string of the molecule is [B]C(C)(C=CC)NCCN(C)CC. The van der Waals surface area contributed by atoms with Crippen LogP contribution in [-0.4, -0.2) is 44.9 Å². The van der Waals surface area contributed by atoms with Crippen molar-refractivity contribution in [2.45, 2.75) is 26.2 Å². The molecule has 2 nitrogen and oxygen atoms in total. The Morgan fingerprint density at radius 3 is 2.62 bits per heavy atom. The van der Waals surface area contributed by atoms with E-state index in [4.69, 9.17) is 7.85 Å². The lowest BCUT2D eigenvalue weighted by Gasteiger charge is -2.24. The zero-order valence-electron chi connectivity index (χ0n) is 9.30. The molecule has 74 valence electrons. The lowest BCUT2D eigenvalue weighted by Crippen LogP contribution is -2.44. The first-order valence-corrected chi connectivity index (χ1v) is 4.88. The van der Waals surface area contributed by atoms with Gasteiger partial charge in [-0.25, -0.2) is 0 Å². The summed E-state index contributed by atoms with van der Waals surface area (Å²) in [6.07, 6.45) is 3.94. The van der Waals surface area contributed by atoms with E-state index in [0.717, 1.165) is 19.6 Å². The van der Waals surface area contributed by atoms with Crippen molar-refractivity contribution in [1.29, 1.82) is 0 Å². The summed E-state index contributed by atoms with van der Waals surface area (Å²) < 4.78 is 0. The van der Waals surface area contributed by atoms with Crippen molar-refractivity contribution in [3.05, 3.63) is 12.2 Å². The van der Waals surface area contributed by atoms with Crippen LogP contribution >= 0.6 is 0 Å². The van der Waals surface area contributed by atoms with Crippen molar-refractivity contribution in [2.75, 3.05) is 26.7 Å². The summed E-state index contributed by atoms with van der Waals surface area (Å²) in [7, 11) is 8.04. The monoisotopic (exact) mass is 180 g/mol. The number of hydrogen-bond donors (Lipinski definition) is 1. The van der Waals surface area contributed by atoms with E-state index >= 15 is 0 Å². The highest BCUT2D eigenvalue weighted by Gasteiger charge is 2.10. The molecule has 0 aliphatic carbocycles. The van der Waals surface area contributed by atoms with Crippen LogP contribution in [0.4, 0.5) is 0 Å². The molecule has 0 amide bonds. The third-order valence-corrected chi connectivity index (χ3v) is 2.05. The average molecular weight is 180 g/mol. The summed E-state index contributed by atoms with van der Waals surface area (Å²) >= 11 is 0. The predicted octanol–water partition coefficient (Wildman–Crippen LogP) is 0.988. The number of rotatable bonds is 6. The summed E-state index contributed by atoms with van der Waals surface area (Å²) in [5.74, 6) is 0. The number of nitrogens with one attached hydrogen (secondary N) is 1. The zero-order valence-corrected chi connectivity index (χ0v) is 9.30. The molecule has 1 atom stereocenters. The van der Waals surface area contributed by atoms with Gasteiger partial charge in [-0.1, -0.05) is 26.0 Å².